The quantitative estimate of drug-likeness (QED) is 0.406. The number of hydrogen-bond donors (Lipinski definition) is 0. The molecular weight excluding hydrogens is 352 g/mol. The van der Waals surface area contributed by atoms with Gasteiger partial charge in [-0.1, -0.05) is 22.9 Å². The molecule has 0 fully saturated rings. The Bertz CT molecular complexity index is 460. The minimum atomic E-state index is 0. The summed E-state index contributed by atoms with van der Waals surface area (Å²) in [5, 5.41) is 16.9. The maximum Gasteiger partial charge on any atom is 2.00 e. The fraction of sp³-hybridized carbons (Fsp3) is 0.143. The fourth-order valence-electron chi connectivity index (χ4n) is 0.896. The maximum atomic E-state index is 7.13. The van der Waals surface area contributed by atoms with Gasteiger partial charge >= 0.3 is 17.1 Å². The summed E-state index contributed by atoms with van der Waals surface area (Å²) in [6, 6.07) is 11.7. The van der Waals surface area contributed by atoms with Crippen molar-refractivity contribution in [3.8, 4) is 10.8 Å². The molecule has 1 radical (unpaired) electrons. The normalized spacial score (nSPS) is 6.48. The van der Waals surface area contributed by atoms with Crippen LogP contribution in [0.3, 0.4) is 0 Å². The predicted molar refractivity (Wildman–Crippen MR) is 83.9 cm³/mol. The van der Waals surface area contributed by atoms with Gasteiger partial charge in [-0.05, 0) is 38.1 Å². The number of rotatable bonds is 0. The van der Waals surface area contributed by atoms with Crippen LogP contribution in [0, 0.1) is 35.2 Å². The number of nitriles is 2. The number of aromatic nitrogens is 2. The molecule has 0 aromatic carbocycles. The first-order chi connectivity index (χ1) is 9.62. The van der Waals surface area contributed by atoms with Gasteiger partial charge in [0, 0.05) is 23.8 Å². The van der Waals surface area contributed by atoms with Gasteiger partial charge in [0.05, 0.1) is 0 Å². The molecule has 2 aromatic heterocycles. The molecule has 4 nitrogen and oxygen atoms in total. The van der Waals surface area contributed by atoms with E-state index < -0.39 is 0 Å². The second kappa shape index (κ2) is 20.6. The zero-order valence-electron chi connectivity index (χ0n) is 11.5. The maximum absolute atomic E-state index is 7.13. The smallest absolute Gasteiger partial charge is 0.696 e. The Hall–Kier alpha value is -1.76. The van der Waals surface area contributed by atoms with Crippen molar-refractivity contribution in [1.29, 1.82) is 10.5 Å². The van der Waals surface area contributed by atoms with Crippen molar-refractivity contribution in [1.82, 2.24) is 9.97 Å². The van der Waals surface area contributed by atoms with Crippen LogP contribution in [0.5, 0.6) is 0 Å². The van der Waals surface area contributed by atoms with Crippen LogP contribution >= 0.6 is 0 Å². The van der Waals surface area contributed by atoms with Gasteiger partial charge < -0.3 is 25.3 Å². The molecule has 113 valence electrons. The summed E-state index contributed by atoms with van der Waals surface area (Å²) in [7, 11) is 0. The van der Waals surface area contributed by atoms with E-state index in [4.69, 9.17) is 10.5 Å². The second-order valence-corrected chi connectivity index (χ2v) is 3.49. The molecular formula is C14H14CuN4S2. The predicted octanol–water partition coefficient (Wildman–Crippen LogP) is 2.81. The van der Waals surface area contributed by atoms with Crippen molar-refractivity contribution in [2.75, 3.05) is 0 Å². The molecule has 0 unspecified atom stereocenters. The molecule has 0 aliphatic heterocycles. The van der Waals surface area contributed by atoms with Crippen molar-refractivity contribution in [3.63, 3.8) is 0 Å². The number of pyridine rings is 2. The summed E-state index contributed by atoms with van der Waals surface area (Å²) in [6.07, 6.45) is 3.57. The second-order valence-electron chi connectivity index (χ2n) is 3.12. The van der Waals surface area contributed by atoms with Gasteiger partial charge in [0.15, 0.2) is 0 Å². The Labute approximate surface area is 147 Å². The van der Waals surface area contributed by atoms with Crippen molar-refractivity contribution >= 4 is 25.3 Å². The molecule has 0 bridgehead atoms. The van der Waals surface area contributed by atoms with Gasteiger partial charge in [-0.2, -0.15) is 0 Å². The van der Waals surface area contributed by atoms with Crippen LogP contribution in [0.4, 0.5) is 0 Å². The van der Waals surface area contributed by atoms with Crippen LogP contribution in [-0.4, -0.2) is 9.97 Å². The zero-order chi connectivity index (χ0) is 15.6. The van der Waals surface area contributed by atoms with Gasteiger partial charge in [-0.3, -0.25) is 9.97 Å². The summed E-state index contributed by atoms with van der Waals surface area (Å²) in [4.78, 5) is 7.96. The minimum Gasteiger partial charge on any atom is -0.696 e. The van der Waals surface area contributed by atoms with E-state index in [1.54, 1.807) is 12.4 Å². The van der Waals surface area contributed by atoms with Crippen LogP contribution in [-0.2, 0) is 42.3 Å². The summed E-state index contributed by atoms with van der Waals surface area (Å²) < 4.78 is 0. The first-order valence-electron chi connectivity index (χ1n) is 5.40. The molecule has 0 spiro atoms. The van der Waals surface area contributed by atoms with Crippen LogP contribution in [0.1, 0.15) is 11.4 Å². The Balaban J connectivity index is -0.000000220. The molecule has 0 aliphatic carbocycles. The van der Waals surface area contributed by atoms with E-state index in [0.717, 1.165) is 11.4 Å². The van der Waals surface area contributed by atoms with Gasteiger partial charge in [-0.25, -0.2) is 10.5 Å². The summed E-state index contributed by atoms with van der Waals surface area (Å²) >= 11 is 7.40. The third kappa shape index (κ3) is 23.7. The Morgan fingerprint density at radius 1 is 0.810 bits per heavy atom. The van der Waals surface area contributed by atoms with E-state index in [0.29, 0.717) is 0 Å². The van der Waals surface area contributed by atoms with Crippen LogP contribution in [0.15, 0.2) is 48.8 Å². The largest absolute Gasteiger partial charge is 2.00 e. The Morgan fingerprint density at radius 3 is 1.19 bits per heavy atom. The van der Waals surface area contributed by atoms with E-state index >= 15 is 0 Å². The van der Waals surface area contributed by atoms with Crippen LogP contribution in [0.25, 0.3) is 0 Å². The molecule has 2 rings (SSSR count). The average Bonchev–Trinajstić information content (AvgIpc) is 2.43. The zero-order valence-corrected chi connectivity index (χ0v) is 14.1. The molecule has 0 atom stereocenters. The summed E-state index contributed by atoms with van der Waals surface area (Å²) in [6.45, 7) is 3.94. The van der Waals surface area contributed by atoms with Crippen LogP contribution in [0.2, 0.25) is 0 Å². The fourth-order valence-corrected chi connectivity index (χ4v) is 0.896. The van der Waals surface area contributed by atoms with Gasteiger partial charge in [0.1, 0.15) is 0 Å². The molecule has 7 heteroatoms. The Kier molecular flexibility index (Phi) is 23.8. The molecule has 0 saturated heterocycles. The number of aryl methyl sites for hydroxylation is 2. The molecule has 0 aliphatic rings. The minimum absolute atomic E-state index is 0. The van der Waals surface area contributed by atoms with E-state index in [1.165, 1.54) is 10.8 Å². The molecule has 0 saturated carbocycles. The third-order valence-corrected chi connectivity index (χ3v) is 1.63. The van der Waals surface area contributed by atoms with E-state index in [1.807, 2.05) is 50.2 Å². The van der Waals surface area contributed by atoms with E-state index in [-0.39, 0.29) is 17.1 Å². The molecule has 21 heavy (non-hydrogen) atoms. The standard InChI is InChI=1S/2C6H7N.2CHNS.Cu/c2*1-6-4-2-3-5-7-6;2*2-1-3;/h2*2-5H,1H3;2*3H;/q;;;;+2/p-2. The monoisotopic (exact) mass is 365 g/mol. The van der Waals surface area contributed by atoms with Gasteiger partial charge in [0.25, 0.3) is 0 Å². The Morgan fingerprint density at radius 2 is 1.10 bits per heavy atom. The molecule has 0 N–H and O–H groups in total. The summed E-state index contributed by atoms with van der Waals surface area (Å²) in [5.74, 6) is 0. The van der Waals surface area contributed by atoms with Gasteiger partial charge in [-0.15, -0.1) is 0 Å². The van der Waals surface area contributed by atoms with E-state index in [2.05, 4.69) is 35.2 Å². The van der Waals surface area contributed by atoms with Crippen molar-refractivity contribution < 1.29 is 17.1 Å². The van der Waals surface area contributed by atoms with Gasteiger partial charge in [0.2, 0.25) is 0 Å². The molecule has 0 amide bonds. The first-order valence-corrected chi connectivity index (χ1v) is 6.21. The molecule has 2 heterocycles. The topological polar surface area (TPSA) is 73.4 Å². The first kappa shape index (κ1) is 24.3. The van der Waals surface area contributed by atoms with Crippen molar-refractivity contribution in [3.05, 3.63) is 60.2 Å². The van der Waals surface area contributed by atoms with E-state index in [9.17, 15) is 0 Å². The number of hydrogen-bond acceptors (Lipinski definition) is 6. The summed E-state index contributed by atoms with van der Waals surface area (Å²) in [5.41, 5.74) is 2.14. The average molecular weight is 366 g/mol. The third-order valence-electron chi connectivity index (χ3n) is 1.63. The van der Waals surface area contributed by atoms with Crippen molar-refractivity contribution in [2.24, 2.45) is 0 Å². The van der Waals surface area contributed by atoms with Crippen LogP contribution < -0.4 is 0 Å². The molecule has 2 aromatic rings. The number of thiocyanates is 2. The van der Waals surface area contributed by atoms with Crippen molar-refractivity contribution in [2.45, 2.75) is 13.8 Å². The number of nitrogens with zero attached hydrogens (tertiary/aromatic N) is 4. The SMILES string of the molecule is Cc1ccccn1.Cc1ccccn1.N#C[S-].N#C[S-].[Cu+2].